The van der Waals surface area contributed by atoms with Crippen molar-refractivity contribution in [1.29, 1.82) is 0 Å². The van der Waals surface area contributed by atoms with E-state index in [1.54, 1.807) is 22.5 Å². The van der Waals surface area contributed by atoms with Gasteiger partial charge in [-0.1, -0.05) is 43.9 Å². The van der Waals surface area contributed by atoms with Crippen LogP contribution >= 0.6 is 11.6 Å². The van der Waals surface area contributed by atoms with Crippen LogP contribution in [-0.2, 0) is 16.6 Å². The highest BCUT2D eigenvalue weighted by Crippen LogP contribution is 2.31. The van der Waals surface area contributed by atoms with Crippen LogP contribution in [0.2, 0.25) is 5.02 Å². The highest BCUT2D eigenvalue weighted by Gasteiger charge is 2.32. The summed E-state index contributed by atoms with van der Waals surface area (Å²) in [6.45, 7) is 2.70. The van der Waals surface area contributed by atoms with E-state index in [1.807, 2.05) is 6.92 Å². The van der Waals surface area contributed by atoms with Gasteiger partial charge in [0.1, 0.15) is 4.90 Å². The van der Waals surface area contributed by atoms with Crippen molar-refractivity contribution >= 4 is 21.6 Å². The fourth-order valence-electron chi connectivity index (χ4n) is 3.00. The maximum Gasteiger partial charge on any atom is 0.244 e. The SMILES string of the molecule is CCN(C1CCCCC1)S(=O)(=O)c1ccc(CN)cc1Cl. The lowest BCUT2D eigenvalue weighted by Crippen LogP contribution is -2.41. The van der Waals surface area contributed by atoms with Crippen molar-refractivity contribution in [3.63, 3.8) is 0 Å². The Morgan fingerprint density at radius 1 is 1.29 bits per heavy atom. The van der Waals surface area contributed by atoms with E-state index in [0.717, 1.165) is 31.2 Å². The van der Waals surface area contributed by atoms with Gasteiger partial charge in [0.2, 0.25) is 10.0 Å². The van der Waals surface area contributed by atoms with Crippen LogP contribution in [0.5, 0.6) is 0 Å². The molecule has 0 atom stereocenters. The second-order valence-corrected chi connectivity index (χ2v) is 7.74. The second kappa shape index (κ2) is 7.09. The molecule has 21 heavy (non-hydrogen) atoms. The molecule has 4 nitrogen and oxygen atoms in total. The van der Waals surface area contributed by atoms with Gasteiger partial charge in [0.15, 0.2) is 0 Å². The molecule has 0 amide bonds. The van der Waals surface area contributed by atoms with E-state index in [2.05, 4.69) is 0 Å². The Morgan fingerprint density at radius 2 is 1.95 bits per heavy atom. The number of hydrogen-bond donors (Lipinski definition) is 1. The minimum atomic E-state index is -3.55. The van der Waals surface area contributed by atoms with E-state index >= 15 is 0 Å². The number of hydrogen-bond acceptors (Lipinski definition) is 3. The lowest BCUT2D eigenvalue weighted by molar-refractivity contribution is 0.261. The molecule has 0 bridgehead atoms. The Labute approximate surface area is 132 Å². The van der Waals surface area contributed by atoms with Gasteiger partial charge in [0, 0.05) is 19.1 Å². The van der Waals surface area contributed by atoms with Crippen LogP contribution in [-0.4, -0.2) is 25.3 Å². The number of nitrogens with two attached hydrogens (primary N) is 1. The normalized spacial score (nSPS) is 17.3. The van der Waals surface area contributed by atoms with Gasteiger partial charge in [-0.15, -0.1) is 0 Å². The summed E-state index contributed by atoms with van der Waals surface area (Å²) in [4.78, 5) is 0.189. The van der Waals surface area contributed by atoms with Crippen LogP contribution in [0, 0.1) is 0 Å². The molecule has 1 aromatic rings. The zero-order valence-corrected chi connectivity index (χ0v) is 14.0. The molecule has 1 aliphatic rings. The summed E-state index contributed by atoms with van der Waals surface area (Å²) in [6.07, 6.45) is 5.25. The predicted octanol–water partition coefficient (Wildman–Crippen LogP) is 3.14. The van der Waals surface area contributed by atoms with Gasteiger partial charge in [-0.2, -0.15) is 4.31 Å². The predicted molar refractivity (Wildman–Crippen MR) is 85.8 cm³/mol. The molecule has 6 heteroatoms. The number of halogens is 1. The third kappa shape index (κ3) is 3.59. The molecular formula is C15H23ClN2O2S. The van der Waals surface area contributed by atoms with E-state index in [1.165, 1.54) is 6.42 Å². The first-order valence-corrected chi connectivity index (χ1v) is 9.32. The van der Waals surface area contributed by atoms with E-state index in [-0.39, 0.29) is 16.0 Å². The highest BCUT2D eigenvalue weighted by molar-refractivity contribution is 7.89. The molecule has 1 saturated carbocycles. The summed E-state index contributed by atoms with van der Waals surface area (Å²) in [5, 5.41) is 0.257. The average molecular weight is 331 g/mol. The maximum atomic E-state index is 12.9. The van der Waals surface area contributed by atoms with Crippen molar-refractivity contribution in [2.45, 2.75) is 56.5 Å². The summed E-state index contributed by atoms with van der Waals surface area (Å²) in [7, 11) is -3.55. The number of sulfonamides is 1. The number of rotatable bonds is 5. The third-order valence-corrected chi connectivity index (χ3v) is 6.62. The maximum absolute atomic E-state index is 12.9. The molecule has 2 rings (SSSR count). The van der Waals surface area contributed by atoms with Crippen molar-refractivity contribution in [2.75, 3.05) is 6.54 Å². The Hall–Kier alpha value is -0.620. The zero-order chi connectivity index (χ0) is 15.5. The molecule has 0 spiro atoms. The third-order valence-electron chi connectivity index (χ3n) is 4.11. The summed E-state index contributed by atoms with van der Waals surface area (Å²) in [5.74, 6) is 0. The molecule has 0 heterocycles. The van der Waals surface area contributed by atoms with Crippen LogP contribution < -0.4 is 5.73 Å². The first kappa shape index (κ1) is 16.7. The van der Waals surface area contributed by atoms with Gasteiger partial charge in [-0.05, 0) is 30.5 Å². The first-order chi connectivity index (χ1) is 10.0. The van der Waals surface area contributed by atoms with Gasteiger partial charge in [-0.3, -0.25) is 0 Å². The Bertz CT molecular complexity index is 583. The van der Waals surface area contributed by atoms with Crippen molar-refractivity contribution in [3.8, 4) is 0 Å². The van der Waals surface area contributed by atoms with Crippen LogP contribution in [0.3, 0.4) is 0 Å². The van der Waals surface area contributed by atoms with Gasteiger partial charge in [0.25, 0.3) is 0 Å². The quantitative estimate of drug-likeness (QED) is 0.902. The van der Waals surface area contributed by atoms with Crippen molar-refractivity contribution < 1.29 is 8.42 Å². The molecule has 0 aromatic heterocycles. The van der Waals surface area contributed by atoms with Gasteiger partial charge >= 0.3 is 0 Å². The van der Waals surface area contributed by atoms with Gasteiger partial charge in [-0.25, -0.2) is 8.42 Å². The van der Waals surface area contributed by atoms with Crippen molar-refractivity contribution in [1.82, 2.24) is 4.31 Å². The summed E-state index contributed by atoms with van der Waals surface area (Å²) in [5.41, 5.74) is 6.40. The molecule has 2 N–H and O–H groups in total. The fraction of sp³-hybridized carbons (Fsp3) is 0.600. The largest absolute Gasteiger partial charge is 0.326 e. The molecule has 0 aliphatic heterocycles. The van der Waals surface area contributed by atoms with E-state index in [0.29, 0.717) is 13.1 Å². The molecule has 1 aliphatic carbocycles. The molecule has 1 aromatic carbocycles. The van der Waals surface area contributed by atoms with E-state index in [9.17, 15) is 8.42 Å². The smallest absolute Gasteiger partial charge is 0.244 e. The van der Waals surface area contributed by atoms with E-state index < -0.39 is 10.0 Å². The lowest BCUT2D eigenvalue weighted by atomic mass is 9.95. The summed E-state index contributed by atoms with van der Waals surface area (Å²) >= 11 is 6.17. The number of benzene rings is 1. The first-order valence-electron chi connectivity index (χ1n) is 7.51. The monoisotopic (exact) mass is 330 g/mol. The van der Waals surface area contributed by atoms with Crippen molar-refractivity contribution in [3.05, 3.63) is 28.8 Å². The minimum Gasteiger partial charge on any atom is -0.326 e. The molecule has 1 fully saturated rings. The van der Waals surface area contributed by atoms with Crippen LogP contribution in [0.1, 0.15) is 44.6 Å². The van der Waals surface area contributed by atoms with Crippen LogP contribution in [0.25, 0.3) is 0 Å². The lowest BCUT2D eigenvalue weighted by Gasteiger charge is -2.32. The summed E-state index contributed by atoms with van der Waals surface area (Å²) in [6, 6.07) is 5.04. The van der Waals surface area contributed by atoms with Gasteiger partial charge < -0.3 is 5.73 Å². The minimum absolute atomic E-state index is 0.0963. The van der Waals surface area contributed by atoms with E-state index in [4.69, 9.17) is 17.3 Å². The number of nitrogens with zero attached hydrogens (tertiary/aromatic N) is 1. The molecule has 0 saturated heterocycles. The highest BCUT2D eigenvalue weighted by atomic mass is 35.5. The molecule has 118 valence electrons. The topological polar surface area (TPSA) is 63.4 Å². The molecular weight excluding hydrogens is 308 g/mol. The molecule has 0 radical (unpaired) electrons. The summed E-state index contributed by atoms with van der Waals surface area (Å²) < 4.78 is 27.4. The van der Waals surface area contributed by atoms with Crippen LogP contribution in [0.4, 0.5) is 0 Å². The van der Waals surface area contributed by atoms with Crippen molar-refractivity contribution in [2.24, 2.45) is 5.73 Å². The Morgan fingerprint density at radius 3 is 2.48 bits per heavy atom. The van der Waals surface area contributed by atoms with Crippen LogP contribution in [0.15, 0.2) is 23.1 Å². The fourth-order valence-corrected chi connectivity index (χ4v) is 5.24. The van der Waals surface area contributed by atoms with Gasteiger partial charge in [0.05, 0.1) is 5.02 Å². The Kier molecular flexibility index (Phi) is 5.66. The average Bonchev–Trinajstić information content (AvgIpc) is 2.48. The zero-order valence-electron chi connectivity index (χ0n) is 12.4. The Balaban J connectivity index is 2.34. The standard InChI is InChI=1S/C15H23ClN2O2S/c1-2-18(13-6-4-3-5-7-13)21(19,20)15-9-8-12(11-17)10-14(15)16/h8-10,13H,2-7,11,17H2,1H3. The molecule has 0 unspecified atom stereocenters. The second-order valence-electron chi connectivity index (χ2n) is 5.47.